The molecule has 0 bridgehead atoms. The van der Waals surface area contributed by atoms with Gasteiger partial charge in [-0.3, -0.25) is 15.1 Å². The van der Waals surface area contributed by atoms with Crippen molar-refractivity contribution in [2.45, 2.75) is 16.7 Å². The molecule has 6 heteroatoms. The smallest absolute Gasteiger partial charge is 0.258 e. The van der Waals surface area contributed by atoms with Gasteiger partial charge in [0.05, 0.1) is 26.3 Å². The number of hydrogen-bond donors (Lipinski definition) is 0. The molecular weight excluding hydrogens is 348 g/mol. The van der Waals surface area contributed by atoms with Gasteiger partial charge in [-0.15, -0.1) is 0 Å². The van der Waals surface area contributed by atoms with E-state index >= 15 is 0 Å². The molecule has 0 aliphatic carbocycles. The Morgan fingerprint density at radius 1 is 0.962 bits per heavy atom. The molecule has 1 atom stereocenters. The van der Waals surface area contributed by atoms with Gasteiger partial charge in [-0.05, 0) is 37.3 Å². The van der Waals surface area contributed by atoms with Crippen LogP contribution in [0.3, 0.4) is 0 Å². The SMILES string of the molecule is Cc1ccc(S(=O)c2ccccc2C=Nc2ccc([N+](=O)[O-])cc2)cc1. The molecule has 0 saturated carbocycles. The van der Waals surface area contributed by atoms with E-state index in [0.29, 0.717) is 10.6 Å². The van der Waals surface area contributed by atoms with Gasteiger partial charge < -0.3 is 0 Å². The zero-order valence-electron chi connectivity index (χ0n) is 14.0. The fourth-order valence-electron chi connectivity index (χ4n) is 2.35. The number of aliphatic imine (C=N–C) groups is 1. The molecule has 0 amide bonds. The maximum atomic E-state index is 12.9. The first kappa shape index (κ1) is 17.7. The number of rotatable bonds is 5. The van der Waals surface area contributed by atoms with Gasteiger partial charge in [0.15, 0.2) is 0 Å². The summed E-state index contributed by atoms with van der Waals surface area (Å²) in [4.78, 5) is 16.0. The third-order valence-electron chi connectivity index (χ3n) is 3.77. The number of benzene rings is 3. The molecular formula is C20H16N2O3S. The molecule has 3 aromatic carbocycles. The van der Waals surface area contributed by atoms with Gasteiger partial charge in [0.1, 0.15) is 0 Å². The molecule has 26 heavy (non-hydrogen) atoms. The highest BCUT2D eigenvalue weighted by Crippen LogP contribution is 2.21. The molecule has 0 radical (unpaired) electrons. The second-order valence-corrected chi connectivity index (χ2v) is 7.10. The number of hydrogen-bond acceptors (Lipinski definition) is 4. The minimum atomic E-state index is -1.31. The Balaban J connectivity index is 1.88. The molecule has 3 aromatic rings. The van der Waals surface area contributed by atoms with Gasteiger partial charge in [0, 0.05) is 28.8 Å². The molecule has 0 aliphatic heterocycles. The predicted molar refractivity (Wildman–Crippen MR) is 103 cm³/mol. The second kappa shape index (κ2) is 7.84. The van der Waals surface area contributed by atoms with Crippen molar-refractivity contribution in [1.29, 1.82) is 0 Å². The van der Waals surface area contributed by atoms with Crippen LogP contribution in [-0.4, -0.2) is 15.3 Å². The maximum absolute atomic E-state index is 12.9. The van der Waals surface area contributed by atoms with E-state index < -0.39 is 15.7 Å². The number of non-ortho nitro benzene ring substituents is 1. The quantitative estimate of drug-likeness (QED) is 0.370. The van der Waals surface area contributed by atoms with E-state index in [-0.39, 0.29) is 5.69 Å². The lowest BCUT2D eigenvalue weighted by Crippen LogP contribution is -1.98. The highest BCUT2D eigenvalue weighted by Gasteiger charge is 2.10. The first-order chi connectivity index (χ1) is 12.5. The van der Waals surface area contributed by atoms with Gasteiger partial charge >= 0.3 is 0 Å². The van der Waals surface area contributed by atoms with Crippen LogP contribution in [0, 0.1) is 17.0 Å². The summed E-state index contributed by atoms with van der Waals surface area (Å²) < 4.78 is 12.9. The molecule has 130 valence electrons. The Hall–Kier alpha value is -3.12. The molecule has 0 spiro atoms. The van der Waals surface area contributed by atoms with Crippen molar-refractivity contribution < 1.29 is 9.13 Å². The first-order valence-corrected chi connectivity index (χ1v) is 9.05. The van der Waals surface area contributed by atoms with E-state index in [4.69, 9.17) is 0 Å². The van der Waals surface area contributed by atoms with E-state index in [1.807, 2.05) is 55.5 Å². The zero-order chi connectivity index (χ0) is 18.5. The molecule has 0 heterocycles. The van der Waals surface area contributed by atoms with Gasteiger partial charge in [-0.1, -0.05) is 35.9 Å². The van der Waals surface area contributed by atoms with Gasteiger partial charge in [0.2, 0.25) is 0 Å². The average Bonchev–Trinajstić information content (AvgIpc) is 2.67. The lowest BCUT2D eigenvalue weighted by atomic mass is 10.2. The molecule has 0 saturated heterocycles. The molecule has 1 unspecified atom stereocenters. The average molecular weight is 364 g/mol. The topological polar surface area (TPSA) is 72.6 Å². The van der Waals surface area contributed by atoms with Crippen LogP contribution >= 0.6 is 0 Å². The number of nitro groups is 1. The Morgan fingerprint density at radius 3 is 2.27 bits per heavy atom. The van der Waals surface area contributed by atoms with Crippen molar-refractivity contribution in [3.05, 3.63) is 94.0 Å². The largest absolute Gasteiger partial charge is 0.269 e. The van der Waals surface area contributed by atoms with Crippen LogP contribution in [0.4, 0.5) is 11.4 Å². The number of aryl methyl sites for hydroxylation is 1. The summed E-state index contributed by atoms with van der Waals surface area (Å²) in [5.74, 6) is 0. The van der Waals surface area contributed by atoms with E-state index in [1.54, 1.807) is 18.3 Å². The van der Waals surface area contributed by atoms with Crippen molar-refractivity contribution in [1.82, 2.24) is 0 Å². The van der Waals surface area contributed by atoms with Gasteiger partial charge in [-0.2, -0.15) is 0 Å². The minimum absolute atomic E-state index is 0.0184. The predicted octanol–water partition coefficient (Wildman–Crippen LogP) is 4.82. The highest BCUT2D eigenvalue weighted by atomic mass is 32.2. The van der Waals surface area contributed by atoms with Crippen LogP contribution < -0.4 is 0 Å². The second-order valence-electron chi connectivity index (χ2n) is 5.65. The summed E-state index contributed by atoms with van der Waals surface area (Å²) in [5, 5.41) is 10.7. The highest BCUT2D eigenvalue weighted by molar-refractivity contribution is 7.85. The Bertz CT molecular complexity index is 981. The normalized spacial score (nSPS) is 12.2. The number of nitro benzene ring substituents is 1. The summed E-state index contributed by atoms with van der Waals surface area (Å²) in [5.41, 5.74) is 2.46. The van der Waals surface area contributed by atoms with Crippen molar-refractivity contribution in [3.8, 4) is 0 Å². The fourth-order valence-corrected chi connectivity index (χ4v) is 3.52. The maximum Gasteiger partial charge on any atom is 0.269 e. The lowest BCUT2D eigenvalue weighted by molar-refractivity contribution is -0.384. The molecule has 0 aromatic heterocycles. The Morgan fingerprint density at radius 2 is 1.62 bits per heavy atom. The summed E-state index contributed by atoms with van der Waals surface area (Å²) >= 11 is 0. The van der Waals surface area contributed by atoms with E-state index in [0.717, 1.165) is 16.0 Å². The van der Waals surface area contributed by atoms with E-state index in [2.05, 4.69) is 4.99 Å². The van der Waals surface area contributed by atoms with Crippen LogP contribution in [0.25, 0.3) is 0 Å². The molecule has 3 rings (SSSR count). The number of nitrogens with zero attached hydrogens (tertiary/aromatic N) is 2. The third-order valence-corrected chi connectivity index (χ3v) is 5.24. The minimum Gasteiger partial charge on any atom is -0.258 e. The van der Waals surface area contributed by atoms with Crippen LogP contribution in [0.15, 0.2) is 87.6 Å². The fraction of sp³-hybridized carbons (Fsp3) is 0.0500. The summed E-state index contributed by atoms with van der Waals surface area (Å²) in [6, 6.07) is 20.9. The molecule has 0 fully saturated rings. The van der Waals surface area contributed by atoms with Crippen LogP contribution in [0.2, 0.25) is 0 Å². The van der Waals surface area contributed by atoms with Crippen LogP contribution in [0.5, 0.6) is 0 Å². The Labute approximate surface area is 153 Å². The summed E-state index contributed by atoms with van der Waals surface area (Å²) in [6.45, 7) is 1.98. The van der Waals surface area contributed by atoms with Crippen molar-refractivity contribution >= 4 is 28.4 Å². The zero-order valence-corrected chi connectivity index (χ0v) is 14.8. The van der Waals surface area contributed by atoms with Crippen molar-refractivity contribution in [2.24, 2.45) is 4.99 Å². The van der Waals surface area contributed by atoms with Gasteiger partial charge in [-0.25, -0.2) is 4.21 Å². The van der Waals surface area contributed by atoms with Crippen LogP contribution in [0.1, 0.15) is 11.1 Å². The lowest BCUT2D eigenvalue weighted by Gasteiger charge is -2.06. The van der Waals surface area contributed by atoms with E-state index in [9.17, 15) is 14.3 Å². The molecule has 0 N–H and O–H groups in total. The first-order valence-electron chi connectivity index (χ1n) is 7.90. The molecule has 0 aliphatic rings. The third kappa shape index (κ3) is 4.10. The van der Waals surface area contributed by atoms with Gasteiger partial charge in [0.25, 0.3) is 5.69 Å². The summed E-state index contributed by atoms with van der Waals surface area (Å²) in [7, 11) is -1.31. The van der Waals surface area contributed by atoms with E-state index in [1.165, 1.54) is 12.1 Å². The van der Waals surface area contributed by atoms with Crippen molar-refractivity contribution in [3.63, 3.8) is 0 Å². The molecule has 5 nitrogen and oxygen atoms in total. The standard InChI is InChI=1S/C20H16N2O3S/c1-15-6-12-19(13-7-15)26(25)20-5-3-2-4-16(20)14-21-17-8-10-18(11-9-17)22(23)24/h2-14H,1H3. The van der Waals surface area contributed by atoms with Crippen molar-refractivity contribution in [2.75, 3.05) is 0 Å². The monoisotopic (exact) mass is 364 g/mol. The Kier molecular flexibility index (Phi) is 5.34. The summed E-state index contributed by atoms with van der Waals surface area (Å²) in [6.07, 6.45) is 1.63. The van der Waals surface area contributed by atoms with Crippen LogP contribution in [-0.2, 0) is 10.8 Å².